The molecular weight excluding hydrogens is 300 g/mol. The number of halogens is 3. The smallest absolute Gasteiger partial charge is 0.245 e. The second-order valence-corrected chi connectivity index (χ2v) is 6.12. The van der Waals surface area contributed by atoms with E-state index in [0.29, 0.717) is 0 Å². The summed E-state index contributed by atoms with van der Waals surface area (Å²) < 4.78 is 56.8. The molecule has 4 nitrogen and oxygen atoms in total. The summed E-state index contributed by atoms with van der Waals surface area (Å²) in [4.78, 5) is -0.721. The number of hydrogen-bond acceptors (Lipinski definition) is 3. The number of likely N-dealkylation sites (N-methyl/N-ethyl adjacent to an activating group) is 1. The van der Waals surface area contributed by atoms with Gasteiger partial charge in [0, 0.05) is 26.6 Å². The van der Waals surface area contributed by atoms with Crippen LogP contribution in [-0.2, 0) is 20.6 Å². The molecule has 1 rings (SSSR count). The third kappa shape index (κ3) is 3.62. The summed E-state index contributed by atoms with van der Waals surface area (Å²) in [6.07, 6.45) is 0. The van der Waals surface area contributed by atoms with Crippen molar-refractivity contribution in [3.05, 3.63) is 29.3 Å². The summed E-state index contributed by atoms with van der Waals surface area (Å²) in [5.74, 6) is -2.75. The molecule has 0 heterocycles. The van der Waals surface area contributed by atoms with Crippen LogP contribution in [0.4, 0.5) is 8.78 Å². The van der Waals surface area contributed by atoms with Crippen molar-refractivity contribution in [1.29, 1.82) is 0 Å². The topological polar surface area (TPSA) is 46.6 Å². The molecule has 0 aliphatic rings. The van der Waals surface area contributed by atoms with E-state index in [4.69, 9.17) is 16.3 Å². The minimum absolute atomic E-state index is 0.0327. The van der Waals surface area contributed by atoms with Gasteiger partial charge in [-0.05, 0) is 17.7 Å². The summed E-state index contributed by atoms with van der Waals surface area (Å²) in [5, 5.41) is 0. The largest absolute Gasteiger partial charge is 0.383 e. The van der Waals surface area contributed by atoms with E-state index in [0.717, 1.165) is 16.4 Å². The van der Waals surface area contributed by atoms with Gasteiger partial charge in [0.25, 0.3) is 0 Å². The molecular formula is C11H14ClF2NO3S. The average molecular weight is 314 g/mol. The van der Waals surface area contributed by atoms with Gasteiger partial charge < -0.3 is 4.74 Å². The fourth-order valence-corrected chi connectivity index (χ4v) is 2.82. The molecule has 0 aromatic heterocycles. The lowest BCUT2D eigenvalue weighted by Crippen LogP contribution is -2.31. The molecule has 0 atom stereocenters. The predicted molar refractivity (Wildman–Crippen MR) is 67.6 cm³/mol. The van der Waals surface area contributed by atoms with Crippen molar-refractivity contribution in [2.24, 2.45) is 0 Å². The lowest BCUT2D eigenvalue weighted by Gasteiger charge is -2.17. The fraction of sp³-hybridized carbons (Fsp3) is 0.455. The second kappa shape index (κ2) is 6.60. The zero-order valence-corrected chi connectivity index (χ0v) is 12.1. The molecule has 0 radical (unpaired) electrons. The van der Waals surface area contributed by atoms with Crippen molar-refractivity contribution < 1.29 is 21.9 Å². The van der Waals surface area contributed by atoms with Crippen molar-refractivity contribution >= 4 is 21.6 Å². The van der Waals surface area contributed by atoms with Gasteiger partial charge in [0.1, 0.15) is 4.90 Å². The number of hydrogen-bond donors (Lipinski definition) is 0. The lowest BCUT2D eigenvalue weighted by atomic mass is 10.2. The van der Waals surface area contributed by atoms with E-state index in [2.05, 4.69) is 0 Å². The van der Waals surface area contributed by atoms with Crippen molar-refractivity contribution in [2.45, 2.75) is 10.8 Å². The summed E-state index contributed by atoms with van der Waals surface area (Å²) in [6, 6.07) is 1.90. The number of ether oxygens (including phenoxy) is 1. The second-order valence-electron chi connectivity index (χ2n) is 3.84. The van der Waals surface area contributed by atoms with Crippen LogP contribution in [0.2, 0.25) is 0 Å². The van der Waals surface area contributed by atoms with Gasteiger partial charge in [-0.3, -0.25) is 0 Å². The Morgan fingerprint density at radius 1 is 1.37 bits per heavy atom. The minimum atomic E-state index is -4.12. The zero-order chi connectivity index (χ0) is 14.6. The average Bonchev–Trinajstić information content (AvgIpc) is 2.38. The molecule has 0 bridgehead atoms. The van der Waals surface area contributed by atoms with Crippen LogP contribution in [0.25, 0.3) is 0 Å². The molecule has 0 saturated heterocycles. The molecule has 0 aliphatic carbocycles. The molecule has 0 amide bonds. The first-order valence-electron chi connectivity index (χ1n) is 5.33. The van der Waals surface area contributed by atoms with Gasteiger partial charge in [-0.1, -0.05) is 0 Å². The molecule has 0 spiro atoms. The van der Waals surface area contributed by atoms with Crippen molar-refractivity contribution in [2.75, 3.05) is 27.3 Å². The molecule has 1 aromatic rings. The first-order chi connectivity index (χ1) is 8.84. The van der Waals surface area contributed by atoms with Gasteiger partial charge in [-0.25, -0.2) is 17.2 Å². The number of methoxy groups -OCH3 is 1. The van der Waals surface area contributed by atoms with E-state index in [1.807, 2.05) is 0 Å². The number of alkyl halides is 1. The molecule has 1 aromatic carbocycles. The molecule has 0 saturated carbocycles. The number of sulfonamides is 1. The van der Waals surface area contributed by atoms with Crippen molar-refractivity contribution in [3.8, 4) is 0 Å². The van der Waals surface area contributed by atoms with Crippen LogP contribution in [0.15, 0.2) is 17.0 Å². The number of benzene rings is 1. The maximum absolute atomic E-state index is 13.6. The number of nitrogens with zero attached hydrogens (tertiary/aromatic N) is 1. The molecule has 8 heteroatoms. The highest BCUT2D eigenvalue weighted by atomic mass is 35.5. The zero-order valence-electron chi connectivity index (χ0n) is 10.5. The Hall–Kier alpha value is -0.760. The monoisotopic (exact) mass is 313 g/mol. The first-order valence-corrected chi connectivity index (χ1v) is 7.31. The van der Waals surface area contributed by atoms with Gasteiger partial charge in [-0.15, -0.1) is 11.6 Å². The normalized spacial score (nSPS) is 12.1. The van der Waals surface area contributed by atoms with Crippen LogP contribution in [-0.4, -0.2) is 40.0 Å². The van der Waals surface area contributed by atoms with E-state index >= 15 is 0 Å². The van der Waals surface area contributed by atoms with Crippen molar-refractivity contribution in [1.82, 2.24) is 4.31 Å². The first kappa shape index (κ1) is 16.3. The molecule has 0 N–H and O–H groups in total. The Morgan fingerprint density at radius 3 is 2.53 bits per heavy atom. The highest BCUT2D eigenvalue weighted by Crippen LogP contribution is 2.23. The summed E-state index contributed by atoms with van der Waals surface area (Å²) in [6.45, 7) is 0.181. The van der Waals surface area contributed by atoms with Crippen LogP contribution in [0, 0.1) is 11.6 Å². The van der Waals surface area contributed by atoms with Crippen LogP contribution in [0.1, 0.15) is 5.56 Å². The van der Waals surface area contributed by atoms with Gasteiger partial charge in [0.05, 0.1) is 6.61 Å². The molecule has 0 fully saturated rings. The Labute approximate surface area is 116 Å². The Balaban J connectivity index is 3.24. The quantitative estimate of drug-likeness (QED) is 0.754. The summed E-state index contributed by atoms with van der Waals surface area (Å²) in [7, 11) is -1.44. The SMILES string of the molecule is COCCN(C)S(=O)(=O)c1cc(CCl)cc(F)c1F. The summed E-state index contributed by atoms with van der Waals surface area (Å²) >= 11 is 5.52. The van der Waals surface area contributed by atoms with Crippen LogP contribution in [0.5, 0.6) is 0 Å². The maximum atomic E-state index is 13.6. The van der Waals surface area contributed by atoms with Crippen LogP contribution < -0.4 is 0 Å². The Bertz CT molecular complexity index is 551. The van der Waals surface area contributed by atoms with E-state index in [-0.39, 0.29) is 24.6 Å². The van der Waals surface area contributed by atoms with E-state index < -0.39 is 26.6 Å². The van der Waals surface area contributed by atoms with Gasteiger partial charge in [0.15, 0.2) is 11.6 Å². The number of rotatable bonds is 6. The van der Waals surface area contributed by atoms with Gasteiger partial charge in [-0.2, -0.15) is 4.31 Å². The Morgan fingerprint density at radius 2 is 2.00 bits per heavy atom. The fourth-order valence-electron chi connectivity index (χ4n) is 1.39. The standard InChI is InChI=1S/C11H14ClF2NO3S/c1-15(3-4-18-2)19(16,17)10-6-8(7-12)5-9(13)11(10)14/h5-6H,3-4,7H2,1-2H3. The highest BCUT2D eigenvalue weighted by Gasteiger charge is 2.26. The third-order valence-electron chi connectivity index (χ3n) is 2.51. The molecule has 0 unspecified atom stereocenters. The maximum Gasteiger partial charge on any atom is 0.245 e. The van der Waals surface area contributed by atoms with E-state index in [9.17, 15) is 17.2 Å². The predicted octanol–water partition coefficient (Wildman–Crippen LogP) is 1.97. The van der Waals surface area contributed by atoms with Gasteiger partial charge >= 0.3 is 0 Å². The van der Waals surface area contributed by atoms with E-state index in [1.165, 1.54) is 14.2 Å². The minimum Gasteiger partial charge on any atom is -0.383 e. The molecule has 19 heavy (non-hydrogen) atoms. The summed E-state index contributed by atoms with van der Waals surface area (Å²) in [5.41, 5.74) is 0.194. The van der Waals surface area contributed by atoms with Crippen LogP contribution in [0.3, 0.4) is 0 Å². The van der Waals surface area contributed by atoms with Crippen LogP contribution >= 0.6 is 11.6 Å². The lowest BCUT2D eigenvalue weighted by molar-refractivity contribution is 0.185. The van der Waals surface area contributed by atoms with E-state index in [1.54, 1.807) is 0 Å². The van der Waals surface area contributed by atoms with Gasteiger partial charge in [0.2, 0.25) is 10.0 Å². The molecule has 108 valence electrons. The highest BCUT2D eigenvalue weighted by molar-refractivity contribution is 7.89. The third-order valence-corrected chi connectivity index (χ3v) is 4.67. The molecule has 0 aliphatic heterocycles. The van der Waals surface area contributed by atoms with Crippen molar-refractivity contribution in [3.63, 3.8) is 0 Å². The Kier molecular flexibility index (Phi) is 5.66.